The molecule has 2 aromatic carbocycles. The van der Waals surface area contributed by atoms with Crippen LogP contribution in [0.2, 0.25) is 0 Å². The summed E-state index contributed by atoms with van der Waals surface area (Å²) in [7, 11) is 3.16. The lowest BCUT2D eigenvalue weighted by Gasteiger charge is -2.33. The van der Waals surface area contributed by atoms with Gasteiger partial charge in [0.25, 0.3) is 0 Å². The molecule has 4 aromatic rings. The van der Waals surface area contributed by atoms with Crippen molar-refractivity contribution in [2.45, 2.75) is 39.5 Å². The van der Waals surface area contributed by atoms with Gasteiger partial charge in [-0.2, -0.15) is 9.78 Å². The zero-order valence-corrected chi connectivity index (χ0v) is 23.3. The smallest absolute Gasteiger partial charge is 0.342 e. The Morgan fingerprint density at radius 1 is 1.10 bits per heavy atom. The van der Waals surface area contributed by atoms with Gasteiger partial charge in [0.05, 0.1) is 25.6 Å². The van der Waals surface area contributed by atoms with E-state index in [2.05, 4.69) is 35.1 Å². The number of carboxylic acids is 1. The van der Waals surface area contributed by atoms with Crippen molar-refractivity contribution in [3.8, 4) is 28.7 Å². The summed E-state index contributed by atoms with van der Waals surface area (Å²) >= 11 is 0. The van der Waals surface area contributed by atoms with Crippen LogP contribution in [0.25, 0.3) is 17.1 Å². The minimum Gasteiger partial charge on any atom is -0.488 e. The van der Waals surface area contributed by atoms with Gasteiger partial charge in [0, 0.05) is 31.8 Å². The Bertz CT molecular complexity index is 1520. The number of hydrogen-bond donors (Lipinski definition) is 1. The van der Waals surface area contributed by atoms with Crippen LogP contribution in [0, 0.1) is 6.92 Å². The van der Waals surface area contributed by atoms with Gasteiger partial charge in [0.2, 0.25) is 5.88 Å². The highest BCUT2D eigenvalue weighted by Gasteiger charge is 2.22. The highest BCUT2D eigenvalue weighted by atomic mass is 16.5. The summed E-state index contributed by atoms with van der Waals surface area (Å²) in [6, 6.07) is 18.5. The number of ether oxygens (including phenoxy) is 3. The first-order valence-electron chi connectivity index (χ1n) is 13.3. The van der Waals surface area contributed by atoms with Gasteiger partial charge < -0.3 is 19.3 Å². The standard InChI is InChI=1S/C31H34N4O5/c1-20-7-5-8-25(27-9-6-10-28(33-27)35-30(39-4)26(16-32-35)31(36)37)29(20)40-19-22-11-12-24-17-34(21(2)18-38-3)14-13-23(24)15-22/h5-12,15-16,21H,13-14,17-19H2,1-4H3,(H,36,37). The predicted octanol–water partition coefficient (Wildman–Crippen LogP) is 4.92. The highest BCUT2D eigenvalue weighted by Crippen LogP contribution is 2.34. The lowest BCUT2D eigenvalue weighted by Crippen LogP contribution is -2.39. The van der Waals surface area contributed by atoms with E-state index in [0.717, 1.165) is 48.6 Å². The summed E-state index contributed by atoms with van der Waals surface area (Å²) in [5.41, 5.74) is 6.33. The van der Waals surface area contributed by atoms with Gasteiger partial charge in [-0.1, -0.05) is 36.4 Å². The average Bonchev–Trinajstić information content (AvgIpc) is 3.41. The van der Waals surface area contributed by atoms with Crippen molar-refractivity contribution in [1.82, 2.24) is 19.7 Å². The number of benzene rings is 2. The van der Waals surface area contributed by atoms with Crippen molar-refractivity contribution in [3.05, 3.63) is 88.6 Å². The minimum absolute atomic E-state index is 0.0310. The third-order valence-electron chi connectivity index (χ3n) is 7.31. The molecule has 0 radical (unpaired) electrons. The fourth-order valence-electron chi connectivity index (χ4n) is 5.18. The first kappa shape index (κ1) is 27.4. The molecule has 5 rings (SSSR count). The molecule has 0 saturated carbocycles. The molecule has 0 bridgehead atoms. The number of para-hydroxylation sites is 1. The summed E-state index contributed by atoms with van der Waals surface area (Å²) < 4.78 is 18.5. The van der Waals surface area contributed by atoms with Crippen molar-refractivity contribution in [3.63, 3.8) is 0 Å². The first-order chi connectivity index (χ1) is 19.4. The summed E-state index contributed by atoms with van der Waals surface area (Å²) in [4.78, 5) is 18.8. The van der Waals surface area contributed by atoms with Crippen molar-refractivity contribution in [2.24, 2.45) is 0 Å². The fourth-order valence-corrected chi connectivity index (χ4v) is 5.18. The van der Waals surface area contributed by atoms with E-state index in [9.17, 15) is 9.90 Å². The fraction of sp³-hybridized carbons (Fsp3) is 0.323. The number of aromatic nitrogens is 3. The largest absolute Gasteiger partial charge is 0.488 e. The molecule has 1 N–H and O–H groups in total. The zero-order valence-electron chi connectivity index (χ0n) is 23.3. The molecule has 2 aromatic heterocycles. The van der Waals surface area contributed by atoms with Crippen LogP contribution in [0.1, 0.15) is 39.5 Å². The van der Waals surface area contributed by atoms with Gasteiger partial charge in [-0.3, -0.25) is 4.90 Å². The Morgan fingerprint density at radius 2 is 1.93 bits per heavy atom. The highest BCUT2D eigenvalue weighted by molar-refractivity contribution is 5.90. The number of hydrogen-bond acceptors (Lipinski definition) is 7. The zero-order chi connectivity index (χ0) is 28.2. The third kappa shape index (κ3) is 5.57. The Labute approximate surface area is 233 Å². The van der Waals surface area contributed by atoms with Crippen LogP contribution in [0.5, 0.6) is 11.6 Å². The number of methoxy groups -OCH3 is 2. The van der Waals surface area contributed by atoms with Gasteiger partial charge >= 0.3 is 5.97 Å². The number of aryl methyl sites for hydroxylation is 1. The summed E-state index contributed by atoms with van der Waals surface area (Å²) in [5, 5.41) is 13.6. The molecule has 1 atom stereocenters. The summed E-state index contributed by atoms with van der Waals surface area (Å²) in [5.74, 6) is 0.191. The molecule has 208 valence electrons. The summed E-state index contributed by atoms with van der Waals surface area (Å²) in [6.45, 7) is 7.34. The molecule has 9 heteroatoms. The molecule has 9 nitrogen and oxygen atoms in total. The molecule has 1 aliphatic rings. The van der Waals surface area contributed by atoms with Crippen LogP contribution in [-0.2, 0) is 24.3 Å². The van der Waals surface area contributed by atoms with Crippen molar-refractivity contribution in [1.29, 1.82) is 0 Å². The molecule has 0 fully saturated rings. The van der Waals surface area contributed by atoms with Gasteiger partial charge in [-0.05, 0) is 60.7 Å². The maximum Gasteiger partial charge on any atom is 0.342 e. The van der Waals surface area contributed by atoms with E-state index in [-0.39, 0.29) is 11.4 Å². The van der Waals surface area contributed by atoms with E-state index in [1.54, 1.807) is 13.2 Å². The second-order valence-corrected chi connectivity index (χ2v) is 10.0. The predicted molar refractivity (Wildman–Crippen MR) is 151 cm³/mol. The van der Waals surface area contributed by atoms with E-state index in [4.69, 9.17) is 19.2 Å². The number of pyridine rings is 1. The van der Waals surface area contributed by atoms with Crippen LogP contribution in [0.3, 0.4) is 0 Å². The normalized spacial score (nSPS) is 14.0. The van der Waals surface area contributed by atoms with Gasteiger partial charge in [0.1, 0.15) is 17.9 Å². The second-order valence-electron chi connectivity index (χ2n) is 10.0. The van der Waals surface area contributed by atoms with Crippen molar-refractivity contribution in [2.75, 3.05) is 27.4 Å². The van der Waals surface area contributed by atoms with Crippen molar-refractivity contribution < 1.29 is 24.1 Å². The number of carboxylic acid groups (broad SMARTS) is 1. The van der Waals surface area contributed by atoms with Crippen LogP contribution in [-0.4, -0.2) is 64.2 Å². The topological polar surface area (TPSA) is 98.9 Å². The molecule has 0 amide bonds. The van der Waals surface area contributed by atoms with E-state index in [1.165, 1.54) is 29.1 Å². The molecular formula is C31H34N4O5. The third-order valence-corrected chi connectivity index (χ3v) is 7.31. The van der Waals surface area contributed by atoms with Crippen LogP contribution >= 0.6 is 0 Å². The molecular weight excluding hydrogens is 508 g/mol. The van der Waals surface area contributed by atoms with Crippen LogP contribution < -0.4 is 9.47 Å². The Balaban J connectivity index is 1.37. The Morgan fingerprint density at radius 3 is 2.70 bits per heavy atom. The van der Waals surface area contributed by atoms with Crippen molar-refractivity contribution >= 4 is 5.97 Å². The number of nitrogens with zero attached hydrogens (tertiary/aromatic N) is 4. The van der Waals surface area contributed by atoms with Crippen LogP contribution in [0.4, 0.5) is 0 Å². The number of aromatic carboxylic acids is 1. The number of carbonyl (C=O) groups is 1. The quantitative estimate of drug-likeness (QED) is 0.302. The van der Waals surface area contributed by atoms with Gasteiger partial charge in [-0.15, -0.1) is 0 Å². The molecule has 1 aliphatic heterocycles. The number of rotatable bonds is 10. The Hall–Kier alpha value is -4.21. The molecule has 0 spiro atoms. The number of fused-ring (bicyclic) bond motifs is 1. The molecule has 0 aliphatic carbocycles. The summed E-state index contributed by atoms with van der Waals surface area (Å²) in [6.07, 6.45) is 2.26. The van der Waals surface area contributed by atoms with Crippen LogP contribution in [0.15, 0.2) is 60.8 Å². The lowest BCUT2D eigenvalue weighted by atomic mass is 9.96. The molecule has 0 saturated heterocycles. The molecule has 1 unspecified atom stereocenters. The minimum atomic E-state index is -1.12. The maximum absolute atomic E-state index is 11.6. The van der Waals surface area contributed by atoms with Gasteiger partial charge in [-0.25, -0.2) is 9.78 Å². The van der Waals surface area contributed by atoms with Gasteiger partial charge in [0.15, 0.2) is 5.82 Å². The second kappa shape index (κ2) is 11.9. The molecule has 3 heterocycles. The SMILES string of the molecule is COCC(C)N1CCc2cc(COc3c(C)cccc3-c3cccc(-n4ncc(C(=O)O)c4OC)n3)ccc2C1. The average molecular weight is 543 g/mol. The monoisotopic (exact) mass is 542 g/mol. The van der Waals surface area contributed by atoms with E-state index < -0.39 is 5.97 Å². The Kier molecular flexibility index (Phi) is 8.14. The molecule has 40 heavy (non-hydrogen) atoms. The maximum atomic E-state index is 11.6. The van der Waals surface area contributed by atoms with E-state index >= 15 is 0 Å². The van der Waals surface area contributed by atoms with E-state index in [1.807, 2.05) is 37.3 Å². The first-order valence-corrected chi connectivity index (χ1v) is 13.3. The lowest BCUT2D eigenvalue weighted by molar-refractivity contribution is 0.0693. The van der Waals surface area contributed by atoms with E-state index in [0.29, 0.717) is 24.2 Å².